The number of thioether (sulfide) groups is 1. The van der Waals surface area contributed by atoms with Gasteiger partial charge >= 0.3 is 5.69 Å². The second-order valence-corrected chi connectivity index (χ2v) is 7.68. The number of hydrogen-bond acceptors (Lipinski definition) is 5. The van der Waals surface area contributed by atoms with Crippen molar-refractivity contribution in [2.45, 2.75) is 50.9 Å². The lowest BCUT2D eigenvalue weighted by molar-refractivity contribution is -0.131. The summed E-state index contributed by atoms with van der Waals surface area (Å²) in [6.07, 6.45) is 3.26. The average molecular weight is 379 g/mol. The summed E-state index contributed by atoms with van der Waals surface area (Å²) < 4.78 is 4.25. The van der Waals surface area contributed by atoms with Crippen LogP contribution in [0.4, 0.5) is 0 Å². The highest BCUT2D eigenvalue weighted by atomic mass is 32.2. The minimum atomic E-state index is -0.405. The second-order valence-electron chi connectivity index (χ2n) is 6.74. The number of aryl methyl sites for hydroxylation is 2. The predicted molar refractivity (Wildman–Crippen MR) is 102 cm³/mol. The lowest BCUT2D eigenvalue weighted by atomic mass is 10.0. The van der Waals surface area contributed by atoms with Gasteiger partial charge in [-0.2, -0.15) is 0 Å². The molecule has 1 saturated heterocycles. The Morgan fingerprint density at radius 3 is 2.62 bits per heavy atom. The van der Waals surface area contributed by atoms with E-state index in [1.165, 1.54) is 29.8 Å². The SMILES string of the molecule is CCn1c(SCC(=O)N2CCCC[C@@H]2C)nc2c1c(=O)n(C)c(=O)n2C. The standard InChI is InChI=1S/C17H25N5O3S/c1-5-21-13-14(19(3)17(25)20(4)15(13)24)18-16(21)26-10-12(23)22-9-7-6-8-11(22)2/h11H,5-10H2,1-4H3/t11-/m0/s1. The first kappa shape index (κ1) is 18.8. The van der Waals surface area contributed by atoms with E-state index in [4.69, 9.17) is 0 Å². The van der Waals surface area contributed by atoms with E-state index in [-0.39, 0.29) is 23.3 Å². The lowest BCUT2D eigenvalue weighted by Gasteiger charge is -2.33. The zero-order chi connectivity index (χ0) is 19.0. The molecule has 1 aliphatic rings. The molecule has 1 fully saturated rings. The number of piperidine rings is 1. The Hall–Kier alpha value is -2.03. The summed E-state index contributed by atoms with van der Waals surface area (Å²) in [7, 11) is 3.07. The summed E-state index contributed by atoms with van der Waals surface area (Å²) >= 11 is 1.33. The van der Waals surface area contributed by atoms with Crippen LogP contribution in [-0.2, 0) is 25.4 Å². The number of aromatic nitrogens is 4. The van der Waals surface area contributed by atoms with E-state index in [1.807, 2.05) is 11.8 Å². The van der Waals surface area contributed by atoms with Gasteiger partial charge in [0.15, 0.2) is 16.3 Å². The van der Waals surface area contributed by atoms with Crippen molar-refractivity contribution in [2.75, 3.05) is 12.3 Å². The molecule has 0 spiro atoms. The molecule has 2 aromatic rings. The van der Waals surface area contributed by atoms with E-state index in [0.717, 1.165) is 24.0 Å². The molecule has 3 rings (SSSR count). The number of carbonyl (C=O) groups excluding carboxylic acids is 1. The van der Waals surface area contributed by atoms with Gasteiger partial charge in [-0.05, 0) is 33.1 Å². The van der Waals surface area contributed by atoms with Crippen molar-refractivity contribution in [1.82, 2.24) is 23.6 Å². The number of imidazole rings is 1. The Labute approximate surface area is 155 Å². The number of carbonyl (C=O) groups is 1. The number of rotatable bonds is 4. The van der Waals surface area contributed by atoms with Crippen molar-refractivity contribution in [3.8, 4) is 0 Å². The van der Waals surface area contributed by atoms with Crippen LogP contribution in [0.15, 0.2) is 14.7 Å². The van der Waals surface area contributed by atoms with Crippen molar-refractivity contribution in [2.24, 2.45) is 14.1 Å². The summed E-state index contributed by atoms with van der Waals surface area (Å²) in [6.45, 7) is 5.35. The summed E-state index contributed by atoms with van der Waals surface area (Å²) in [6, 6.07) is 0.273. The molecule has 9 heteroatoms. The molecule has 1 amide bonds. The van der Waals surface area contributed by atoms with Crippen LogP contribution in [0.3, 0.4) is 0 Å². The Morgan fingerprint density at radius 2 is 1.96 bits per heavy atom. The number of amides is 1. The van der Waals surface area contributed by atoms with Gasteiger partial charge in [-0.25, -0.2) is 9.78 Å². The average Bonchev–Trinajstić information content (AvgIpc) is 3.01. The Morgan fingerprint density at radius 1 is 1.23 bits per heavy atom. The smallest absolute Gasteiger partial charge is 0.332 e. The summed E-state index contributed by atoms with van der Waals surface area (Å²) in [5.74, 6) is 0.376. The zero-order valence-electron chi connectivity index (χ0n) is 15.7. The van der Waals surface area contributed by atoms with Gasteiger partial charge in [0.05, 0.1) is 5.75 Å². The molecule has 2 aromatic heterocycles. The lowest BCUT2D eigenvalue weighted by Crippen LogP contribution is -2.43. The van der Waals surface area contributed by atoms with Crippen LogP contribution in [0, 0.1) is 0 Å². The quantitative estimate of drug-likeness (QED) is 0.739. The first-order chi connectivity index (χ1) is 12.4. The van der Waals surface area contributed by atoms with Crippen LogP contribution in [0.5, 0.6) is 0 Å². The van der Waals surface area contributed by atoms with Crippen molar-refractivity contribution < 1.29 is 4.79 Å². The number of nitrogens with zero attached hydrogens (tertiary/aromatic N) is 5. The van der Waals surface area contributed by atoms with Gasteiger partial charge < -0.3 is 9.47 Å². The van der Waals surface area contributed by atoms with Crippen LogP contribution < -0.4 is 11.2 Å². The molecule has 3 heterocycles. The molecule has 0 saturated carbocycles. The maximum Gasteiger partial charge on any atom is 0.332 e. The maximum absolute atomic E-state index is 12.6. The summed E-state index contributed by atoms with van der Waals surface area (Å²) in [5, 5.41) is 0.596. The fourth-order valence-corrected chi connectivity index (χ4v) is 4.45. The van der Waals surface area contributed by atoms with Crippen molar-refractivity contribution >= 4 is 28.8 Å². The molecule has 0 bridgehead atoms. The minimum Gasteiger partial charge on any atom is -0.339 e. The van der Waals surface area contributed by atoms with E-state index < -0.39 is 5.69 Å². The molecule has 1 atom stereocenters. The van der Waals surface area contributed by atoms with Crippen molar-refractivity contribution in [3.63, 3.8) is 0 Å². The molecule has 0 aliphatic carbocycles. The predicted octanol–water partition coefficient (Wildman–Crippen LogP) is 0.947. The van der Waals surface area contributed by atoms with Crippen LogP contribution in [0.25, 0.3) is 11.2 Å². The maximum atomic E-state index is 12.6. The molecule has 26 heavy (non-hydrogen) atoms. The molecule has 0 unspecified atom stereocenters. The van der Waals surface area contributed by atoms with Gasteiger partial charge in [0.25, 0.3) is 5.56 Å². The fourth-order valence-electron chi connectivity index (χ4n) is 3.51. The number of likely N-dealkylation sites (tertiary alicyclic amines) is 1. The largest absolute Gasteiger partial charge is 0.339 e. The van der Waals surface area contributed by atoms with Crippen LogP contribution in [0.2, 0.25) is 0 Å². The van der Waals surface area contributed by atoms with Gasteiger partial charge in [0.2, 0.25) is 5.91 Å². The number of fused-ring (bicyclic) bond motifs is 1. The first-order valence-corrected chi connectivity index (χ1v) is 9.93. The molecule has 0 radical (unpaired) electrons. The highest BCUT2D eigenvalue weighted by Crippen LogP contribution is 2.23. The zero-order valence-corrected chi connectivity index (χ0v) is 16.5. The van der Waals surface area contributed by atoms with E-state index >= 15 is 0 Å². The van der Waals surface area contributed by atoms with Gasteiger partial charge in [0, 0.05) is 33.2 Å². The van der Waals surface area contributed by atoms with E-state index in [9.17, 15) is 14.4 Å². The number of hydrogen-bond donors (Lipinski definition) is 0. The Balaban J connectivity index is 1.92. The van der Waals surface area contributed by atoms with E-state index in [1.54, 1.807) is 11.6 Å². The monoisotopic (exact) mass is 379 g/mol. The van der Waals surface area contributed by atoms with Gasteiger partial charge in [0.1, 0.15) is 0 Å². The molecular formula is C17H25N5O3S. The highest BCUT2D eigenvalue weighted by molar-refractivity contribution is 7.99. The molecular weight excluding hydrogens is 354 g/mol. The van der Waals surface area contributed by atoms with Crippen LogP contribution in [-0.4, -0.2) is 47.8 Å². The van der Waals surface area contributed by atoms with E-state index in [0.29, 0.717) is 22.9 Å². The topological polar surface area (TPSA) is 82.1 Å². The third-order valence-electron chi connectivity index (χ3n) is 5.08. The van der Waals surface area contributed by atoms with Gasteiger partial charge in [-0.1, -0.05) is 11.8 Å². The highest BCUT2D eigenvalue weighted by Gasteiger charge is 2.24. The Kier molecular flexibility index (Phi) is 5.27. The minimum absolute atomic E-state index is 0.0960. The third-order valence-corrected chi connectivity index (χ3v) is 6.04. The van der Waals surface area contributed by atoms with Gasteiger partial charge in [-0.15, -0.1) is 0 Å². The normalized spacial score (nSPS) is 17.8. The van der Waals surface area contributed by atoms with Crippen LogP contribution >= 0.6 is 11.8 Å². The molecule has 142 valence electrons. The fraction of sp³-hybridized carbons (Fsp3) is 0.647. The van der Waals surface area contributed by atoms with Crippen molar-refractivity contribution in [1.29, 1.82) is 0 Å². The molecule has 0 N–H and O–H groups in total. The van der Waals surface area contributed by atoms with Gasteiger partial charge in [-0.3, -0.25) is 18.7 Å². The molecule has 0 aromatic carbocycles. The van der Waals surface area contributed by atoms with E-state index in [2.05, 4.69) is 11.9 Å². The van der Waals surface area contributed by atoms with Crippen LogP contribution in [0.1, 0.15) is 33.1 Å². The summed E-state index contributed by atoms with van der Waals surface area (Å²) in [5.41, 5.74) is -0.00192. The molecule has 1 aliphatic heterocycles. The first-order valence-electron chi connectivity index (χ1n) is 8.95. The second kappa shape index (κ2) is 7.30. The molecule has 8 nitrogen and oxygen atoms in total. The third kappa shape index (κ3) is 3.08. The summed E-state index contributed by atoms with van der Waals surface area (Å²) in [4.78, 5) is 43.7. The van der Waals surface area contributed by atoms with Crippen molar-refractivity contribution in [3.05, 3.63) is 20.8 Å². The Bertz CT molecular complexity index is 958.